The maximum atomic E-state index is 12.6. The number of nitrogens with one attached hydrogen (secondary N) is 2. The minimum Gasteiger partial charge on any atom is -0.329 e. The fraction of sp³-hybridized carbons (Fsp3) is 0.176. The molecule has 0 saturated heterocycles. The van der Waals surface area contributed by atoms with E-state index in [9.17, 15) is 9.59 Å². The molecule has 0 saturated carbocycles. The van der Waals surface area contributed by atoms with E-state index in [4.69, 9.17) is 0 Å². The summed E-state index contributed by atoms with van der Waals surface area (Å²) in [7, 11) is 3.75. The zero-order valence-corrected chi connectivity index (χ0v) is 14.9. The SMILES string of the molecule is CN(C)C(C(=O)Nc1ccc2c(=O)[nH]ccc2c1)c1ccsc1.Cl. The molecule has 24 heavy (non-hydrogen) atoms. The first kappa shape index (κ1) is 18.2. The Bertz CT molecular complexity index is 890. The number of halogens is 1. The zero-order valence-electron chi connectivity index (χ0n) is 13.3. The lowest BCUT2D eigenvalue weighted by Crippen LogP contribution is -2.31. The lowest BCUT2D eigenvalue weighted by atomic mass is 10.1. The number of pyridine rings is 1. The fourth-order valence-corrected chi connectivity index (χ4v) is 3.27. The third-order valence-corrected chi connectivity index (χ3v) is 4.37. The Kier molecular flexibility index (Phi) is 5.77. The molecule has 0 spiro atoms. The number of rotatable bonds is 4. The van der Waals surface area contributed by atoms with E-state index < -0.39 is 0 Å². The van der Waals surface area contributed by atoms with Crippen LogP contribution in [-0.4, -0.2) is 29.9 Å². The molecule has 2 heterocycles. The lowest BCUT2D eigenvalue weighted by Gasteiger charge is -2.22. The van der Waals surface area contributed by atoms with Crippen molar-refractivity contribution in [2.75, 3.05) is 19.4 Å². The fourth-order valence-electron chi connectivity index (χ4n) is 2.60. The Morgan fingerprint density at radius 3 is 2.71 bits per heavy atom. The van der Waals surface area contributed by atoms with Crippen molar-refractivity contribution in [3.8, 4) is 0 Å². The normalized spacial score (nSPS) is 12.0. The quantitative estimate of drug-likeness (QED) is 0.747. The predicted octanol–water partition coefficient (Wildman–Crippen LogP) is 3.25. The number of fused-ring (bicyclic) bond motifs is 1. The highest BCUT2D eigenvalue weighted by atomic mass is 35.5. The number of aromatic amines is 1. The van der Waals surface area contributed by atoms with Crippen LogP contribution in [0.1, 0.15) is 11.6 Å². The Hall–Kier alpha value is -2.15. The van der Waals surface area contributed by atoms with Crippen LogP contribution < -0.4 is 10.9 Å². The molecule has 0 aliphatic carbocycles. The van der Waals surface area contributed by atoms with Gasteiger partial charge in [0.1, 0.15) is 6.04 Å². The summed E-state index contributed by atoms with van der Waals surface area (Å²) in [6, 6.07) is 8.69. The van der Waals surface area contributed by atoms with E-state index >= 15 is 0 Å². The number of hydrogen-bond donors (Lipinski definition) is 2. The van der Waals surface area contributed by atoms with Gasteiger partial charge < -0.3 is 10.3 Å². The number of benzene rings is 1. The summed E-state index contributed by atoms with van der Waals surface area (Å²) in [6.45, 7) is 0. The number of anilines is 1. The third-order valence-electron chi connectivity index (χ3n) is 3.66. The van der Waals surface area contributed by atoms with E-state index in [1.165, 1.54) is 0 Å². The van der Waals surface area contributed by atoms with Crippen molar-refractivity contribution in [1.29, 1.82) is 0 Å². The average Bonchev–Trinajstić information content (AvgIpc) is 3.01. The number of hydrogen-bond acceptors (Lipinski definition) is 4. The molecule has 1 aromatic carbocycles. The van der Waals surface area contributed by atoms with Gasteiger partial charge in [0.15, 0.2) is 0 Å². The predicted molar refractivity (Wildman–Crippen MR) is 101 cm³/mol. The second-order valence-electron chi connectivity index (χ2n) is 5.52. The van der Waals surface area contributed by atoms with Crippen molar-refractivity contribution in [3.63, 3.8) is 0 Å². The maximum Gasteiger partial charge on any atom is 0.255 e. The molecular formula is C17H18ClN3O2S. The van der Waals surface area contributed by atoms with Crippen molar-refractivity contribution in [1.82, 2.24) is 9.88 Å². The molecule has 2 N–H and O–H groups in total. The van der Waals surface area contributed by atoms with Crippen LogP contribution in [0.3, 0.4) is 0 Å². The summed E-state index contributed by atoms with van der Waals surface area (Å²) in [4.78, 5) is 28.9. The van der Waals surface area contributed by atoms with Gasteiger partial charge in [-0.05, 0) is 66.1 Å². The van der Waals surface area contributed by atoms with Crippen molar-refractivity contribution >= 4 is 46.1 Å². The second-order valence-corrected chi connectivity index (χ2v) is 6.30. The van der Waals surface area contributed by atoms with E-state index in [1.54, 1.807) is 29.7 Å². The van der Waals surface area contributed by atoms with Gasteiger partial charge in [-0.2, -0.15) is 11.3 Å². The average molecular weight is 364 g/mol. The Balaban J connectivity index is 0.00000208. The highest BCUT2D eigenvalue weighted by Gasteiger charge is 2.23. The molecule has 0 radical (unpaired) electrons. The smallest absolute Gasteiger partial charge is 0.255 e. The molecule has 3 rings (SSSR count). The van der Waals surface area contributed by atoms with Crippen LogP contribution in [0.2, 0.25) is 0 Å². The summed E-state index contributed by atoms with van der Waals surface area (Å²) in [5.41, 5.74) is 1.51. The minimum atomic E-state index is -0.351. The van der Waals surface area contributed by atoms with Crippen LogP contribution in [-0.2, 0) is 4.79 Å². The number of likely N-dealkylation sites (N-methyl/N-ethyl adjacent to an activating group) is 1. The largest absolute Gasteiger partial charge is 0.329 e. The van der Waals surface area contributed by atoms with Crippen molar-refractivity contribution < 1.29 is 4.79 Å². The molecule has 0 aliphatic rings. The molecule has 0 bridgehead atoms. The zero-order chi connectivity index (χ0) is 16.4. The summed E-state index contributed by atoms with van der Waals surface area (Å²) in [5.74, 6) is -0.0995. The molecule has 0 aliphatic heterocycles. The van der Waals surface area contributed by atoms with Crippen LogP contribution in [0.25, 0.3) is 10.8 Å². The van der Waals surface area contributed by atoms with Crippen LogP contribution in [0.15, 0.2) is 52.1 Å². The minimum absolute atomic E-state index is 0. The van der Waals surface area contributed by atoms with Crippen LogP contribution in [0, 0.1) is 0 Å². The van der Waals surface area contributed by atoms with E-state index in [0.29, 0.717) is 11.1 Å². The lowest BCUT2D eigenvalue weighted by molar-refractivity contribution is -0.120. The van der Waals surface area contributed by atoms with Crippen molar-refractivity contribution in [3.05, 3.63) is 63.2 Å². The van der Waals surface area contributed by atoms with Gasteiger partial charge in [-0.25, -0.2) is 0 Å². The molecule has 126 valence electrons. The molecular weight excluding hydrogens is 346 g/mol. The van der Waals surface area contributed by atoms with Crippen LogP contribution >= 0.6 is 23.7 Å². The first-order chi connectivity index (χ1) is 11.1. The molecule has 3 aromatic rings. The van der Waals surface area contributed by atoms with E-state index in [1.807, 2.05) is 48.0 Å². The van der Waals surface area contributed by atoms with E-state index in [2.05, 4.69) is 10.3 Å². The monoisotopic (exact) mass is 363 g/mol. The van der Waals surface area contributed by atoms with Gasteiger partial charge in [0.2, 0.25) is 5.91 Å². The molecule has 1 amide bonds. The Labute approximate surface area is 149 Å². The number of H-pyrrole nitrogens is 1. The number of carbonyl (C=O) groups excluding carboxylic acids is 1. The number of aromatic nitrogens is 1. The van der Waals surface area contributed by atoms with E-state index in [-0.39, 0.29) is 29.9 Å². The number of thiophene rings is 1. The number of carbonyl (C=O) groups is 1. The maximum absolute atomic E-state index is 12.6. The van der Waals surface area contributed by atoms with Crippen molar-refractivity contribution in [2.24, 2.45) is 0 Å². The molecule has 0 fully saturated rings. The van der Waals surface area contributed by atoms with Gasteiger partial charge in [-0.15, -0.1) is 12.4 Å². The molecule has 5 nitrogen and oxygen atoms in total. The molecule has 1 atom stereocenters. The van der Waals surface area contributed by atoms with Crippen molar-refractivity contribution in [2.45, 2.75) is 6.04 Å². The highest BCUT2D eigenvalue weighted by Crippen LogP contribution is 2.23. The summed E-state index contributed by atoms with van der Waals surface area (Å²) in [6.07, 6.45) is 1.60. The van der Waals surface area contributed by atoms with Gasteiger partial charge in [-0.3, -0.25) is 14.5 Å². The van der Waals surface area contributed by atoms with Gasteiger partial charge in [0.25, 0.3) is 5.56 Å². The topological polar surface area (TPSA) is 65.2 Å². The first-order valence-corrected chi connectivity index (χ1v) is 8.11. The molecule has 2 aromatic heterocycles. The van der Waals surface area contributed by atoms with Gasteiger partial charge in [-0.1, -0.05) is 0 Å². The second kappa shape index (κ2) is 7.61. The third kappa shape index (κ3) is 3.67. The van der Waals surface area contributed by atoms with Gasteiger partial charge >= 0.3 is 0 Å². The summed E-state index contributed by atoms with van der Waals surface area (Å²) < 4.78 is 0. The summed E-state index contributed by atoms with van der Waals surface area (Å²) >= 11 is 1.57. The van der Waals surface area contributed by atoms with Crippen LogP contribution in [0.5, 0.6) is 0 Å². The standard InChI is InChI=1S/C17H17N3O2S.ClH/c1-20(2)15(12-6-8-23-10-12)17(22)19-13-3-4-14-11(9-13)5-7-18-16(14)21;/h3-10,15H,1-2H3,(H,18,21)(H,19,22);1H. The van der Waals surface area contributed by atoms with Gasteiger partial charge in [0.05, 0.1) is 0 Å². The molecule has 7 heteroatoms. The number of nitrogens with zero attached hydrogens (tertiary/aromatic N) is 1. The molecule has 1 unspecified atom stereocenters. The Morgan fingerprint density at radius 1 is 1.25 bits per heavy atom. The Morgan fingerprint density at radius 2 is 2.04 bits per heavy atom. The summed E-state index contributed by atoms with van der Waals surface area (Å²) in [5, 5.41) is 8.27. The highest BCUT2D eigenvalue weighted by molar-refractivity contribution is 7.08. The number of amides is 1. The first-order valence-electron chi connectivity index (χ1n) is 7.17. The van der Waals surface area contributed by atoms with E-state index in [0.717, 1.165) is 10.9 Å². The van der Waals surface area contributed by atoms with Gasteiger partial charge in [0, 0.05) is 17.3 Å². The van der Waals surface area contributed by atoms with Crippen LogP contribution in [0.4, 0.5) is 5.69 Å².